The van der Waals surface area contributed by atoms with Gasteiger partial charge in [-0.3, -0.25) is 14.4 Å². The second kappa shape index (κ2) is 7.02. The number of aromatic nitrogens is 2. The molecule has 0 atom stereocenters. The van der Waals surface area contributed by atoms with E-state index in [2.05, 4.69) is 10.3 Å². The standard InChI is InChI=1S/C19H15N3O4/c1-12(23)13-6-5-7-14(10-13)21-17(24)16-11-20-19(26)22(18(16)25)15-8-3-2-4-9-15/h2-11H,1H3,(H,20,26)(H,21,24). The first-order valence-corrected chi connectivity index (χ1v) is 7.80. The molecule has 0 fully saturated rings. The Bertz CT molecular complexity index is 1100. The zero-order valence-electron chi connectivity index (χ0n) is 13.9. The van der Waals surface area contributed by atoms with E-state index in [4.69, 9.17) is 0 Å². The first-order chi connectivity index (χ1) is 12.5. The van der Waals surface area contributed by atoms with Gasteiger partial charge in [0.25, 0.3) is 11.5 Å². The van der Waals surface area contributed by atoms with E-state index >= 15 is 0 Å². The third-order valence-corrected chi connectivity index (χ3v) is 3.76. The van der Waals surface area contributed by atoms with Crippen LogP contribution in [0.4, 0.5) is 5.69 Å². The lowest BCUT2D eigenvalue weighted by Gasteiger charge is -2.08. The third-order valence-electron chi connectivity index (χ3n) is 3.76. The number of benzene rings is 2. The summed E-state index contributed by atoms with van der Waals surface area (Å²) >= 11 is 0. The number of rotatable bonds is 4. The Morgan fingerprint density at radius 3 is 2.42 bits per heavy atom. The summed E-state index contributed by atoms with van der Waals surface area (Å²) in [7, 11) is 0. The number of H-pyrrole nitrogens is 1. The lowest BCUT2D eigenvalue weighted by atomic mass is 10.1. The summed E-state index contributed by atoms with van der Waals surface area (Å²) in [6, 6.07) is 14.7. The highest BCUT2D eigenvalue weighted by molar-refractivity contribution is 6.04. The lowest BCUT2D eigenvalue weighted by Crippen LogP contribution is -2.38. The smallest absolute Gasteiger partial charge is 0.322 e. The molecule has 1 aromatic heterocycles. The fourth-order valence-electron chi connectivity index (χ4n) is 2.46. The van der Waals surface area contributed by atoms with Gasteiger partial charge in [-0.25, -0.2) is 9.36 Å². The van der Waals surface area contributed by atoms with E-state index in [1.807, 2.05) is 0 Å². The molecule has 0 radical (unpaired) electrons. The molecule has 0 aliphatic heterocycles. The summed E-state index contributed by atoms with van der Waals surface area (Å²) in [6.07, 6.45) is 1.08. The maximum atomic E-state index is 12.6. The maximum absolute atomic E-state index is 12.6. The second-order valence-corrected chi connectivity index (χ2v) is 5.57. The topological polar surface area (TPSA) is 101 Å². The predicted molar refractivity (Wildman–Crippen MR) is 97.1 cm³/mol. The van der Waals surface area contributed by atoms with E-state index in [1.54, 1.807) is 48.5 Å². The van der Waals surface area contributed by atoms with E-state index in [0.29, 0.717) is 16.9 Å². The van der Waals surface area contributed by atoms with Crippen LogP contribution in [0, 0.1) is 0 Å². The zero-order chi connectivity index (χ0) is 18.7. The normalized spacial score (nSPS) is 10.3. The van der Waals surface area contributed by atoms with Crippen molar-refractivity contribution in [3.63, 3.8) is 0 Å². The quantitative estimate of drug-likeness (QED) is 0.703. The summed E-state index contributed by atoms with van der Waals surface area (Å²) < 4.78 is 0.890. The minimum atomic E-state index is -0.736. The van der Waals surface area contributed by atoms with Gasteiger partial charge in [-0.05, 0) is 31.2 Å². The van der Waals surface area contributed by atoms with Crippen LogP contribution in [0.25, 0.3) is 5.69 Å². The van der Waals surface area contributed by atoms with E-state index in [9.17, 15) is 19.2 Å². The Labute approximate surface area is 147 Å². The molecule has 7 nitrogen and oxygen atoms in total. The Hall–Kier alpha value is -3.74. The molecule has 130 valence electrons. The largest absolute Gasteiger partial charge is 0.333 e. The van der Waals surface area contributed by atoms with Crippen LogP contribution in [0.2, 0.25) is 0 Å². The molecule has 26 heavy (non-hydrogen) atoms. The number of hydrogen-bond acceptors (Lipinski definition) is 4. The molecule has 0 unspecified atom stereocenters. The number of para-hydroxylation sites is 1. The number of hydrogen-bond donors (Lipinski definition) is 2. The minimum absolute atomic E-state index is 0.142. The molecular weight excluding hydrogens is 334 g/mol. The number of Topliss-reactive ketones (excluding diaryl/α,β-unsaturated/α-hetero) is 1. The van der Waals surface area contributed by atoms with Gasteiger partial charge in [0.05, 0.1) is 5.69 Å². The number of carbonyl (C=O) groups is 2. The molecule has 3 aromatic rings. The van der Waals surface area contributed by atoms with Crippen molar-refractivity contribution in [1.29, 1.82) is 0 Å². The summed E-state index contributed by atoms with van der Waals surface area (Å²) in [5.41, 5.74) is -0.435. The van der Waals surface area contributed by atoms with E-state index in [0.717, 1.165) is 10.8 Å². The van der Waals surface area contributed by atoms with Gasteiger partial charge < -0.3 is 10.3 Å². The SMILES string of the molecule is CC(=O)c1cccc(NC(=O)c2c[nH]c(=O)n(-c3ccccc3)c2=O)c1. The van der Waals surface area contributed by atoms with Crippen molar-refractivity contribution < 1.29 is 9.59 Å². The van der Waals surface area contributed by atoms with Gasteiger partial charge in [0.1, 0.15) is 5.56 Å². The number of carbonyl (C=O) groups excluding carboxylic acids is 2. The highest BCUT2D eigenvalue weighted by Crippen LogP contribution is 2.12. The Balaban J connectivity index is 1.99. The predicted octanol–water partition coefficient (Wildman–Crippen LogP) is 1.98. The number of nitrogens with one attached hydrogen (secondary N) is 2. The Morgan fingerprint density at radius 2 is 1.73 bits per heavy atom. The van der Waals surface area contributed by atoms with Crippen LogP contribution in [-0.2, 0) is 0 Å². The van der Waals surface area contributed by atoms with Crippen LogP contribution in [0.3, 0.4) is 0 Å². The molecule has 0 saturated heterocycles. The molecule has 1 heterocycles. The average Bonchev–Trinajstić information content (AvgIpc) is 2.63. The van der Waals surface area contributed by atoms with Crippen molar-refractivity contribution in [3.8, 4) is 5.69 Å². The summed E-state index contributed by atoms with van der Waals surface area (Å²) in [4.78, 5) is 51.0. The van der Waals surface area contributed by atoms with Crippen LogP contribution in [0.1, 0.15) is 27.6 Å². The van der Waals surface area contributed by atoms with Crippen molar-refractivity contribution in [3.05, 3.63) is 92.8 Å². The fourth-order valence-corrected chi connectivity index (χ4v) is 2.46. The van der Waals surface area contributed by atoms with Crippen molar-refractivity contribution >= 4 is 17.4 Å². The zero-order valence-corrected chi connectivity index (χ0v) is 13.9. The minimum Gasteiger partial charge on any atom is -0.322 e. The number of amides is 1. The molecule has 0 saturated carbocycles. The molecule has 0 aliphatic rings. The van der Waals surface area contributed by atoms with Gasteiger partial charge in [0.15, 0.2) is 5.78 Å². The Kier molecular flexibility index (Phi) is 4.62. The van der Waals surface area contributed by atoms with E-state index in [-0.39, 0.29) is 11.3 Å². The Morgan fingerprint density at radius 1 is 1.00 bits per heavy atom. The molecule has 2 N–H and O–H groups in total. The van der Waals surface area contributed by atoms with Gasteiger partial charge in [0.2, 0.25) is 0 Å². The number of anilines is 1. The van der Waals surface area contributed by atoms with Crippen molar-refractivity contribution in [2.24, 2.45) is 0 Å². The molecular formula is C19H15N3O4. The van der Waals surface area contributed by atoms with Crippen molar-refractivity contribution in [2.75, 3.05) is 5.32 Å². The van der Waals surface area contributed by atoms with Gasteiger partial charge in [-0.1, -0.05) is 30.3 Å². The number of aromatic amines is 1. The average molecular weight is 349 g/mol. The monoisotopic (exact) mass is 349 g/mol. The molecule has 0 aliphatic carbocycles. The highest BCUT2D eigenvalue weighted by atomic mass is 16.2. The van der Waals surface area contributed by atoms with Crippen molar-refractivity contribution in [1.82, 2.24) is 9.55 Å². The number of nitrogens with zero attached hydrogens (tertiary/aromatic N) is 1. The summed E-state index contributed by atoms with van der Waals surface area (Å²) in [5.74, 6) is -0.826. The summed E-state index contributed by atoms with van der Waals surface area (Å²) in [5, 5.41) is 2.57. The fraction of sp³-hybridized carbons (Fsp3) is 0.0526. The second-order valence-electron chi connectivity index (χ2n) is 5.57. The molecule has 0 bridgehead atoms. The molecule has 1 amide bonds. The van der Waals surface area contributed by atoms with Gasteiger partial charge in [-0.2, -0.15) is 0 Å². The molecule has 7 heteroatoms. The molecule has 3 rings (SSSR count). The third kappa shape index (κ3) is 3.36. The van der Waals surface area contributed by atoms with E-state index < -0.39 is 17.2 Å². The first kappa shape index (κ1) is 17.1. The van der Waals surface area contributed by atoms with Crippen LogP contribution in [0.5, 0.6) is 0 Å². The van der Waals surface area contributed by atoms with Crippen molar-refractivity contribution in [2.45, 2.75) is 6.92 Å². The maximum Gasteiger partial charge on any atom is 0.333 e. The van der Waals surface area contributed by atoms with Crippen LogP contribution in [0.15, 0.2) is 70.4 Å². The van der Waals surface area contributed by atoms with Gasteiger partial charge in [0, 0.05) is 17.4 Å². The highest BCUT2D eigenvalue weighted by Gasteiger charge is 2.16. The van der Waals surface area contributed by atoms with Crippen LogP contribution in [-0.4, -0.2) is 21.2 Å². The number of ketones is 1. The van der Waals surface area contributed by atoms with E-state index in [1.165, 1.54) is 13.0 Å². The van der Waals surface area contributed by atoms with Crippen LogP contribution >= 0.6 is 0 Å². The van der Waals surface area contributed by atoms with Gasteiger partial charge >= 0.3 is 5.69 Å². The van der Waals surface area contributed by atoms with Gasteiger partial charge in [-0.15, -0.1) is 0 Å². The van der Waals surface area contributed by atoms with Crippen LogP contribution < -0.4 is 16.6 Å². The lowest BCUT2D eigenvalue weighted by molar-refractivity contribution is 0.101. The first-order valence-electron chi connectivity index (χ1n) is 7.80. The molecule has 2 aromatic carbocycles. The molecule has 0 spiro atoms. The summed E-state index contributed by atoms with van der Waals surface area (Å²) in [6.45, 7) is 1.42.